The van der Waals surface area contributed by atoms with E-state index < -0.39 is 0 Å². The quantitative estimate of drug-likeness (QED) is 0.888. The monoisotopic (exact) mass is 324 g/mol. The van der Waals surface area contributed by atoms with Crippen LogP contribution < -0.4 is 5.32 Å². The summed E-state index contributed by atoms with van der Waals surface area (Å²) in [5, 5.41) is 3.68. The number of benzene rings is 1. The number of anilines is 1. The average molecular weight is 325 g/mol. The smallest absolute Gasteiger partial charge is 0.0486 e. The van der Waals surface area contributed by atoms with Crippen LogP contribution in [0.1, 0.15) is 32.3 Å². The summed E-state index contributed by atoms with van der Waals surface area (Å²) < 4.78 is 1.17. The minimum absolute atomic E-state index is 0.522. The predicted molar refractivity (Wildman–Crippen MR) is 86.8 cm³/mol. The van der Waals surface area contributed by atoms with E-state index in [0.717, 1.165) is 5.92 Å². The average Bonchev–Trinajstić information content (AvgIpc) is 2.42. The Morgan fingerprint density at radius 1 is 1.47 bits per heavy atom. The molecule has 1 heterocycles. The Hall–Kier alpha value is -0.540. The van der Waals surface area contributed by atoms with Gasteiger partial charge in [0, 0.05) is 22.7 Å². The van der Waals surface area contributed by atoms with Crippen LogP contribution in [0.2, 0.25) is 0 Å². The fraction of sp³-hybridized carbons (Fsp3) is 0.625. The fourth-order valence-electron chi connectivity index (χ4n) is 2.89. The van der Waals surface area contributed by atoms with Crippen molar-refractivity contribution in [3.8, 4) is 0 Å². The topological polar surface area (TPSA) is 15.3 Å². The number of rotatable bonds is 4. The van der Waals surface area contributed by atoms with E-state index in [0.29, 0.717) is 6.04 Å². The third kappa shape index (κ3) is 3.96. The van der Waals surface area contributed by atoms with Crippen LogP contribution in [0.5, 0.6) is 0 Å². The molecule has 2 unspecified atom stereocenters. The van der Waals surface area contributed by atoms with E-state index in [1.807, 2.05) is 0 Å². The van der Waals surface area contributed by atoms with Gasteiger partial charge in [-0.3, -0.25) is 0 Å². The van der Waals surface area contributed by atoms with E-state index in [1.165, 1.54) is 48.2 Å². The molecule has 0 radical (unpaired) electrons. The third-order valence-corrected chi connectivity index (χ3v) is 4.86. The van der Waals surface area contributed by atoms with Gasteiger partial charge >= 0.3 is 0 Å². The van der Waals surface area contributed by atoms with Gasteiger partial charge in [0.15, 0.2) is 0 Å². The summed E-state index contributed by atoms with van der Waals surface area (Å²) in [6.07, 6.45) is 2.67. The Balaban J connectivity index is 1.98. The minimum Gasteiger partial charge on any atom is -0.381 e. The number of halogens is 1. The highest BCUT2D eigenvalue weighted by Crippen LogP contribution is 2.27. The SMILES string of the molecule is CCN1CCCC(C(C)Nc2ccc(C)cc2Br)C1. The maximum atomic E-state index is 3.68. The van der Waals surface area contributed by atoms with Crippen LogP contribution in [-0.4, -0.2) is 30.6 Å². The van der Waals surface area contributed by atoms with Gasteiger partial charge in [0.1, 0.15) is 0 Å². The van der Waals surface area contributed by atoms with Crippen molar-refractivity contribution in [1.82, 2.24) is 4.90 Å². The van der Waals surface area contributed by atoms with Gasteiger partial charge in [-0.25, -0.2) is 0 Å². The first-order valence-corrected chi connectivity index (χ1v) is 8.14. The standard InChI is InChI=1S/C16H25BrN2/c1-4-19-9-5-6-14(11-19)13(3)18-16-8-7-12(2)10-15(16)17/h7-8,10,13-14,18H,4-6,9,11H2,1-3H3. The maximum Gasteiger partial charge on any atom is 0.0486 e. The molecule has 0 aromatic heterocycles. The minimum atomic E-state index is 0.522. The molecule has 1 N–H and O–H groups in total. The van der Waals surface area contributed by atoms with Crippen molar-refractivity contribution >= 4 is 21.6 Å². The second kappa shape index (κ2) is 6.76. The highest BCUT2D eigenvalue weighted by molar-refractivity contribution is 9.10. The molecule has 0 saturated carbocycles. The molecule has 106 valence electrons. The van der Waals surface area contributed by atoms with Crippen LogP contribution in [-0.2, 0) is 0 Å². The van der Waals surface area contributed by atoms with E-state index in [-0.39, 0.29) is 0 Å². The Morgan fingerprint density at radius 2 is 2.26 bits per heavy atom. The van der Waals surface area contributed by atoms with Gasteiger partial charge < -0.3 is 10.2 Å². The molecule has 0 aliphatic carbocycles. The van der Waals surface area contributed by atoms with Gasteiger partial charge in [0.2, 0.25) is 0 Å². The molecule has 0 amide bonds. The number of hydrogen-bond acceptors (Lipinski definition) is 2. The second-order valence-electron chi connectivity index (χ2n) is 5.71. The van der Waals surface area contributed by atoms with Crippen molar-refractivity contribution in [2.75, 3.05) is 25.0 Å². The molecule has 1 saturated heterocycles. The van der Waals surface area contributed by atoms with Gasteiger partial charge in [0.05, 0.1) is 0 Å². The molecule has 2 nitrogen and oxygen atoms in total. The predicted octanol–water partition coefficient (Wildman–Crippen LogP) is 4.29. The lowest BCUT2D eigenvalue weighted by Gasteiger charge is -2.36. The van der Waals surface area contributed by atoms with Gasteiger partial charge in [-0.15, -0.1) is 0 Å². The maximum absolute atomic E-state index is 3.68. The first-order chi connectivity index (χ1) is 9.10. The van der Waals surface area contributed by atoms with Crippen LogP contribution in [0.3, 0.4) is 0 Å². The van der Waals surface area contributed by atoms with Crippen LogP contribution in [0, 0.1) is 12.8 Å². The Kier molecular flexibility index (Phi) is 5.28. The van der Waals surface area contributed by atoms with Crippen LogP contribution >= 0.6 is 15.9 Å². The van der Waals surface area contributed by atoms with Crippen molar-refractivity contribution in [2.45, 2.75) is 39.7 Å². The largest absolute Gasteiger partial charge is 0.381 e. The van der Waals surface area contributed by atoms with Crippen molar-refractivity contribution in [1.29, 1.82) is 0 Å². The molecule has 19 heavy (non-hydrogen) atoms. The lowest BCUT2D eigenvalue weighted by atomic mass is 9.91. The number of aryl methyl sites for hydroxylation is 1. The molecule has 0 spiro atoms. The molecule has 1 aliphatic rings. The number of likely N-dealkylation sites (tertiary alicyclic amines) is 1. The first kappa shape index (κ1) is 14.9. The second-order valence-corrected chi connectivity index (χ2v) is 6.57. The number of piperidine rings is 1. The molecule has 0 bridgehead atoms. The van der Waals surface area contributed by atoms with Gasteiger partial charge in [0.25, 0.3) is 0 Å². The molecule has 2 rings (SSSR count). The van der Waals surface area contributed by atoms with Crippen molar-refractivity contribution in [3.05, 3.63) is 28.2 Å². The normalized spacial score (nSPS) is 22.2. The summed E-state index contributed by atoms with van der Waals surface area (Å²) in [7, 11) is 0. The first-order valence-electron chi connectivity index (χ1n) is 7.35. The molecule has 2 atom stereocenters. The summed E-state index contributed by atoms with van der Waals surface area (Å²) in [5.74, 6) is 0.752. The molecule has 3 heteroatoms. The number of hydrogen-bond donors (Lipinski definition) is 1. The summed E-state index contributed by atoms with van der Waals surface area (Å²) in [6.45, 7) is 10.4. The van der Waals surface area contributed by atoms with E-state index in [9.17, 15) is 0 Å². The van der Waals surface area contributed by atoms with E-state index in [4.69, 9.17) is 0 Å². The summed E-state index contributed by atoms with van der Waals surface area (Å²) >= 11 is 3.65. The summed E-state index contributed by atoms with van der Waals surface area (Å²) in [5.41, 5.74) is 2.51. The number of nitrogens with one attached hydrogen (secondary N) is 1. The third-order valence-electron chi connectivity index (χ3n) is 4.20. The Bertz CT molecular complexity index is 419. The lowest BCUT2D eigenvalue weighted by Crippen LogP contribution is -2.41. The molecule has 1 aliphatic heterocycles. The Morgan fingerprint density at radius 3 is 2.95 bits per heavy atom. The molecule has 1 aromatic carbocycles. The number of nitrogens with zero attached hydrogens (tertiary/aromatic N) is 1. The summed E-state index contributed by atoms with van der Waals surface area (Å²) in [6, 6.07) is 7.04. The van der Waals surface area contributed by atoms with Crippen molar-refractivity contribution in [2.24, 2.45) is 5.92 Å². The van der Waals surface area contributed by atoms with Crippen LogP contribution in [0.4, 0.5) is 5.69 Å². The van der Waals surface area contributed by atoms with Crippen molar-refractivity contribution < 1.29 is 0 Å². The Labute approximate surface area is 125 Å². The lowest BCUT2D eigenvalue weighted by molar-refractivity contribution is 0.172. The molecule has 1 fully saturated rings. The van der Waals surface area contributed by atoms with Gasteiger partial charge in [-0.05, 0) is 79.3 Å². The fourth-order valence-corrected chi connectivity index (χ4v) is 3.49. The van der Waals surface area contributed by atoms with Gasteiger partial charge in [-0.2, -0.15) is 0 Å². The van der Waals surface area contributed by atoms with Crippen LogP contribution in [0.15, 0.2) is 22.7 Å². The molecular weight excluding hydrogens is 300 g/mol. The zero-order valence-electron chi connectivity index (χ0n) is 12.2. The van der Waals surface area contributed by atoms with E-state index in [1.54, 1.807) is 0 Å². The van der Waals surface area contributed by atoms with Crippen LogP contribution in [0.25, 0.3) is 0 Å². The van der Waals surface area contributed by atoms with Crippen molar-refractivity contribution in [3.63, 3.8) is 0 Å². The highest BCUT2D eigenvalue weighted by Gasteiger charge is 2.24. The van der Waals surface area contributed by atoms with E-state index >= 15 is 0 Å². The molecule has 1 aromatic rings. The highest BCUT2D eigenvalue weighted by atomic mass is 79.9. The zero-order valence-corrected chi connectivity index (χ0v) is 13.8. The van der Waals surface area contributed by atoms with Gasteiger partial charge in [-0.1, -0.05) is 13.0 Å². The summed E-state index contributed by atoms with van der Waals surface area (Å²) in [4.78, 5) is 2.57. The zero-order chi connectivity index (χ0) is 13.8. The van der Waals surface area contributed by atoms with E-state index in [2.05, 4.69) is 65.1 Å². The molecular formula is C16H25BrN2.